The Labute approximate surface area is 160 Å². The summed E-state index contributed by atoms with van der Waals surface area (Å²) >= 11 is 0. The average molecular weight is 403 g/mol. The molecular weight excluding hydrogens is 386 g/mol. The lowest BCUT2D eigenvalue weighted by Crippen LogP contribution is -2.15. The molecule has 2 aromatic carbocycles. The molecule has 0 unspecified atom stereocenters. The van der Waals surface area contributed by atoms with Crippen LogP contribution in [0.1, 0.15) is 15.9 Å². The maximum Gasteiger partial charge on any atom is 0.347 e. The first-order valence-corrected chi connectivity index (χ1v) is 9.94. The molecule has 0 saturated heterocycles. The standard InChI is InChI=1S/C19H17NO7S/c1-25-15-9-6-12-10-14(19(22)27-17(12)18(15)26-2)16(21)11-4-7-13(8-5-11)20-28(3,23)24/h4-10,20H,1-3H3. The van der Waals surface area contributed by atoms with Crippen molar-refractivity contribution in [2.75, 3.05) is 25.2 Å². The monoisotopic (exact) mass is 403 g/mol. The van der Waals surface area contributed by atoms with Gasteiger partial charge in [0.1, 0.15) is 5.56 Å². The van der Waals surface area contributed by atoms with Crippen LogP contribution in [0.4, 0.5) is 5.69 Å². The molecule has 3 aromatic rings. The Hall–Kier alpha value is -3.33. The number of fused-ring (bicyclic) bond motifs is 1. The second-order valence-corrected chi connectivity index (χ2v) is 7.70. The summed E-state index contributed by atoms with van der Waals surface area (Å²) in [4.78, 5) is 25.1. The van der Waals surface area contributed by atoms with E-state index in [1.165, 1.54) is 44.6 Å². The molecule has 146 valence electrons. The molecular formula is C19H17NO7S. The van der Waals surface area contributed by atoms with E-state index in [-0.39, 0.29) is 22.5 Å². The molecule has 0 amide bonds. The van der Waals surface area contributed by atoms with Crippen LogP contribution in [0.3, 0.4) is 0 Å². The van der Waals surface area contributed by atoms with Gasteiger partial charge in [0, 0.05) is 16.6 Å². The number of sulfonamides is 1. The van der Waals surface area contributed by atoms with E-state index in [9.17, 15) is 18.0 Å². The first-order valence-electron chi connectivity index (χ1n) is 8.05. The van der Waals surface area contributed by atoms with Crippen molar-refractivity contribution < 1.29 is 27.1 Å². The molecule has 1 N–H and O–H groups in total. The second-order valence-electron chi connectivity index (χ2n) is 5.95. The van der Waals surface area contributed by atoms with E-state index in [2.05, 4.69) is 4.72 Å². The molecule has 0 aliphatic rings. The lowest BCUT2D eigenvalue weighted by Gasteiger charge is -2.10. The molecule has 3 rings (SSSR count). The van der Waals surface area contributed by atoms with Crippen molar-refractivity contribution in [2.45, 2.75) is 0 Å². The van der Waals surface area contributed by atoms with E-state index in [4.69, 9.17) is 13.9 Å². The number of anilines is 1. The number of carbonyl (C=O) groups is 1. The van der Waals surface area contributed by atoms with Crippen LogP contribution in [0.2, 0.25) is 0 Å². The summed E-state index contributed by atoms with van der Waals surface area (Å²) in [7, 11) is -0.549. The minimum Gasteiger partial charge on any atom is -0.493 e. The van der Waals surface area contributed by atoms with Gasteiger partial charge in [0.2, 0.25) is 15.8 Å². The highest BCUT2D eigenvalue weighted by Gasteiger charge is 2.19. The number of hydrogen-bond donors (Lipinski definition) is 1. The van der Waals surface area contributed by atoms with Crippen molar-refractivity contribution in [3.63, 3.8) is 0 Å². The van der Waals surface area contributed by atoms with Gasteiger partial charge in [-0.25, -0.2) is 13.2 Å². The molecule has 1 aromatic heterocycles. The number of benzene rings is 2. The highest BCUT2D eigenvalue weighted by molar-refractivity contribution is 7.92. The third kappa shape index (κ3) is 3.84. The Bertz CT molecular complexity index is 1210. The second kappa shape index (κ2) is 7.35. The van der Waals surface area contributed by atoms with Crippen molar-refractivity contribution >= 4 is 32.5 Å². The Morgan fingerprint density at radius 3 is 2.29 bits per heavy atom. The third-order valence-corrected chi connectivity index (χ3v) is 4.55. The number of rotatable bonds is 6. The maximum atomic E-state index is 12.7. The highest BCUT2D eigenvalue weighted by Crippen LogP contribution is 2.35. The average Bonchev–Trinajstić information content (AvgIpc) is 2.65. The number of ketones is 1. The number of ether oxygens (including phenoxy) is 2. The topological polar surface area (TPSA) is 112 Å². The molecule has 8 nitrogen and oxygen atoms in total. The maximum absolute atomic E-state index is 12.7. The molecule has 9 heteroatoms. The van der Waals surface area contributed by atoms with E-state index < -0.39 is 21.4 Å². The van der Waals surface area contributed by atoms with Gasteiger partial charge in [0.15, 0.2) is 17.1 Å². The fraction of sp³-hybridized carbons (Fsp3) is 0.158. The van der Waals surface area contributed by atoms with Crippen molar-refractivity contribution in [3.8, 4) is 11.5 Å². The summed E-state index contributed by atoms with van der Waals surface area (Å²) in [5, 5.41) is 0.496. The van der Waals surface area contributed by atoms with Gasteiger partial charge < -0.3 is 13.9 Å². The zero-order valence-corrected chi connectivity index (χ0v) is 16.1. The zero-order chi connectivity index (χ0) is 20.5. The number of hydrogen-bond acceptors (Lipinski definition) is 7. The van der Waals surface area contributed by atoms with Crippen molar-refractivity contribution in [3.05, 3.63) is 64.0 Å². The quantitative estimate of drug-likeness (QED) is 0.497. The van der Waals surface area contributed by atoms with Crippen LogP contribution >= 0.6 is 0 Å². The van der Waals surface area contributed by atoms with E-state index in [0.29, 0.717) is 16.8 Å². The van der Waals surface area contributed by atoms with E-state index in [0.717, 1.165) is 6.26 Å². The Balaban J connectivity index is 2.02. The van der Waals surface area contributed by atoms with Gasteiger partial charge >= 0.3 is 5.63 Å². The van der Waals surface area contributed by atoms with Gasteiger partial charge in [0.05, 0.1) is 20.5 Å². The molecule has 0 fully saturated rings. The van der Waals surface area contributed by atoms with Crippen LogP contribution in [-0.4, -0.2) is 34.7 Å². The molecule has 1 heterocycles. The fourth-order valence-corrected chi connectivity index (χ4v) is 3.28. The van der Waals surface area contributed by atoms with Crippen LogP contribution in [-0.2, 0) is 10.0 Å². The third-order valence-electron chi connectivity index (χ3n) is 3.94. The van der Waals surface area contributed by atoms with Crippen LogP contribution in [0.15, 0.2) is 51.7 Å². The SMILES string of the molecule is COc1ccc2cc(C(=O)c3ccc(NS(C)(=O)=O)cc3)c(=O)oc2c1OC. The first-order chi connectivity index (χ1) is 13.2. The molecule has 0 saturated carbocycles. The fourth-order valence-electron chi connectivity index (χ4n) is 2.71. The number of carbonyl (C=O) groups excluding carboxylic acids is 1. The number of methoxy groups -OCH3 is 2. The molecule has 28 heavy (non-hydrogen) atoms. The van der Waals surface area contributed by atoms with E-state index in [1.807, 2.05) is 0 Å². The van der Waals surface area contributed by atoms with Crippen LogP contribution in [0, 0.1) is 0 Å². The van der Waals surface area contributed by atoms with E-state index >= 15 is 0 Å². The summed E-state index contributed by atoms with van der Waals surface area (Å²) < 4.78 is 40.5. The predicted octanol–water partition coefficient (Wildman–Crippen LogP) is 2.41. The highest BCUT2D eigenvalue weighted by atomic mass is 32.2. The van der Waals surface area contributed by atoms with Gasteiger partial charge in [-0.05, 0) is 42.5 Å². The van der Waals surface area contributed by atoms with Crippen molar-refractivity contribution in [2.24, 2.45) is 0 Å². The molecule has 0 aliphatic carbocycles. The van der Waals surface area contributed by atoms with Crippen molar-refractivity contribution in [1.82, 2.24) is 0 Å². The van der Waals surface area contributed by atoms with Crippen LogP contribution < -0.4 is 19.8 Å². The summed E-state index contributed by atoms with van der Waals surface area (Å²) in [6, 6.07) is 10.4. The predicted molar refractivity (Wildman–Crippen MR) is 104 cm³/mol. The minimum absolute atomic E-state index is 0.149. The summed E-state index contributed by atoms with van der Waals surface area (Å²) in [5.74, 6) is 0.106. The minimum atomic E-state index is -3.43. The zero-order valence-electron chi connectivity index (χ0n) is 15.3. The Kier molecular flexibility index (Phi) is 5.10. The number of nitrogens with one attached hydrogen (secondary N) is 1. The van der Waals surface area contributed by atoms with Gasteiger partial charge in [-0.2, -0.15) is 0 Å². The van der Waals surface area contributed by atoms with Crippen LogP contribution in [0.5, 0.6) is 11.5 Å². The van der Waals surface area contributed by atoms with Crippen LogP contribution in [0.25, 0.3) is 11.0 Å². The molecule has 0 bridgehead atoms. The normalized spacial score (nSPS) is 11.2. The van der Waals surface area contributed by atoms with Crippen molar-refractivity contribution in [1.29, 1.82) is 0 Å². The summed E-state index contributed by atoms with van der Waals surface area (Å²) in [6.07, 6.45) is 1.02. The Morgan fingerprint density at radius 1 is 1.04 bits per heavy atom. The Morgan fingerprint density at radius 2 is 1.71 bits per heavy atom. The van der Waals surface area contributed by atoms with Gasteiger partial charge in [-0.15, -0.1) is 0 Å². The lowest BCUT2D eigenvalue weighted by atomic mass is 10.0. The smallest absolute Gasteiger partial charge is 0.347 e. The van der Waals surface area contributed by atoms with Gasteiger partial charge in [0.25, 0.3) is 0 Å². The molecule has 0 radical (unpaired) electrons. The largest absolute Gasteiger partial charge is 0.493 e. The summed E-state index contributed by atoms with van der Waals surface area (Å²) in [6.45, 7) is 0. The molecule has 0 spiro atoms. The molecule has 0 atom stereocenters. The first kappa shape index (κ1) is 19.4. The van der Waals surface area contributed by atoms with Gasteiger partial charge in [-0.3, -0.25) is 9.52 Å². The van der Waals surface area contributed by atoms with E-state index in [1.54, 1.807) is 12.1 Å². The van der Waals surface area contributed by atoms with Gasteiger partial charge in [-0.1, -0.05) is 0 Å². The summed E-state index contributed by atoms with van der Waals surface area (Å²) in [5.41, 5.74) is -0.269. The lowest BCUT2D eigenvalue weighted by molar-refractivity contribution is 0.103. The molecule has 0 aliphatic heterocycles.